The van der Waals surface area contributed by atoms with E-state index in [1.165, 1.54) is 17.5 Å². The molecule has 0 saturated heterocycles. The molecule has 0 aliphatic heterocycles. The standard InChI is InChI=1S/C33H42ClN3O5S/c1-6-25(3)35-33(39)30(21-26-11-8-7-9-12-26)36(23-27-16-14-24(2)15-17-27)32(38)13-10-20-37(43(5,40)41)28-18-19-31(42-4)29(34)22-28/h7-9,11-12,14-19,22,25,30H,6,10,13,20-21,23H2,1-5H3,(H,35,39)/t25-,30-/m1/s1. The molecule has 1 N–H and O–H groups in total. The van der Waals surface area contributed by atoms with Gasteiger partial charge in [-0.2, -0.15) is 0 Å². The van der Waals surface area contributed by atoms with Crippen LogP contribution in [-0.4, -0.2) is 57.1 Å². The molecule has 0 radical (unpaired) electrons. The largest absolute Gasteiger partial charge is 0.495 e. The maximum absolute atomic E-state index is 14.0. The number of benzene rings is 3. The highest BCUT2D eigenvalue weighted by Gasteiger charge is 2.31. The Morgan fingerprint density at radius 1 is 1.00 bits per heavy atom. The Morgan fingerprint density at radius 3 is 2.26 bits per heavy atom. The summed E-state index contributed by atoms with van der Waals surface area (Å²) in [5.74, 6) is -0.0211. The lowest BCUT2D eigenvalue weighted by molar-refractivity contribution is -0.141. The molecule has 3 aromatic rings. The predicted octanol–water partition coefficient (Wildman–Crippen LogP) is 5.76. The summed E-state index contributed by atoms with van der Waals surface area (Å²) >= 11 is 6.27. The van der Waals surface area contributed by atoms with Gasteiger partial charge >= 0.3 is 0 Å². The molecule has 0 fully saturated rings. The van der Waals surface area contributed by atoms with Crippen molar-refractivity contribution in [2.75, 3.05) is 24.2 Å². The van der Waals surface area contributed by atoms with Gasteiger partial charge in [-0.1, -0.05) is 78.7 Å². The lowest BCUT2D eigenvalue weighted by Crippen LogP contribution is -2.52. The first kappa shape index (κ1) is 33.9. The maximum Gasteiger partial charge on any atom is 0.243 e. The quantitative estimate of drug-likeness (QED) is 0.231. The summed E-state index contributed by atoms with van der Waals surface area (Å²) in [7, 11) is -2.18. The van der Waals surface area contributed by atoms with Crippen molar-refractivity contribution in [1.82, 2.24) is 10.2 Å². The van der Waals surface area contributed by atoms with E-state index in [0.29, 0.717) is 17.9 Å². The van der Waals surface area contributed by atoms with Gasteiger partial charge in [0.25, 0.3) is 0 Å². The molecule has 0 unspecified atom stereocenters. The molecular formula is C33H42ClN3O5S. The average Bonchev–Trinajstić information content (AvgIpc) is 2.97. The Morgan fingerprint density at radius 2 is 1.67 bits per heavy atom. The normalized spacial score (nSPS) is 12.7. The van der Waals surface area contributed by atoms with Gasteiger partial charge in [-0.3, -0.25) is 13.9 Å². The van der Waals surface area contributed by atoms with Gasteiger partial charge in [-0.15, -0.1) is 0 Å². The van der Waals surface area contributed by atoms with Crippen molar-refractivity contribution in [3.8, 4) is 5.75 Å². The van der Waals surface area contributed by atoms with Gasteiger partial charge < -0.3 is 15.0 Å². The lowest BCUT2D eigenvalue weighted by Gasteiger charge is -2.32. The molecule has 0 saturated carbocycles. The maximum atomic E-state index is 14.0. The summed E-state index contributed by atoms with van der Waals surface area (Å²) in [5, 5.41) is 3.35. The fourth-order valence-corrected chi connectivity index (χ4v) is 5.91. The van der Waals surface area contributed by atoms with Gasteiger partial charge in [0.15, 0.2) is 0 Å². The number of carbonyl (C=O) groups is 2. The highest BCUT2D eigenvalue weighted by molar-refractivity contribution is 7.92. The molecule has 3 rings (SSSR count). The second-order valence-electron chi connectivity index (χ2n) is 10.8. The fourth-order valence-electron chi connectivity index (χ4n) is 4.70. The molecule has 10 heteroatoms. The minimum Gasteiger partial charge on any atom is -0.495 e. The van der Waals surface area contributed by atoms with E-state index in [2.05, 4.69) is 5.32 Å². The zero-order valence-electron chi connectivity index (χ0n) is 25.5. The van der Waals surface area contributed by atoms with Crippen LogP contribution in [0.4, 0.5) is 5.69 Å². The van der Waals surface area contributed by atoms with Gasteiger partial charge in [-0.05, 0) is 56.0 Å². The molecule has 2 atom stereocenters. The van der Waals surface area contributed by atoms with Crippen molar-refractivity contribution in [2.24, 2.45) is 0 Å². The molecule has 0 spiro atoms. The first-order valence-corrected chi connectivity index (χ1v) is 16.7. The number of amides is 2. The molecular weight excluding hydrogens is 586 g/mol. The summed E-state index contributed by atoms with van der Waals surface area (Å²) in [5.41, 5.74) is 3.32. The zero-order valence-corrected chi connectivity index (χ0v) is 27.1. The van der Waals surface area contributed by atoms with Gasteiger partial charge in [0.2, 0.25) is 21.8 Å². The highest BCUT2D eigenvalue weighted by Crippen LogP contribution is 2.30. The molecule has 2 amide bonds. The Hall–Kier alpha value is -3.56. The number of aryl methyl sites for hydroxylation is 1. The number of nitrogens with zero attached hydrogens (tertiary/aromatic N) is 2. The molecule has 0 heterocycles. The van der Waals surface area contributed by atoms with Gasteiger partial charge in [0.05, 0.1) is 24.1 Å². The number of nitrogens with one attached hydrogen (secondary N) is 1. The number of hydrogen-bond donors (Lipinski definition) is 1. The predicted molar refractivity (Wildman–Crippen MR) is 173 cm³/mol. The number of sulfonamides is 1. The van der Waals surface area contributed by atoms with E-state index in [-0.39, 0.29) is 48.8 Å². The molecule has 0 aliphatic rings. The number of halogens is 1. The van der Waals surface area contributed by atoms with E-state index in [9.17, 15) is 18.0 Å². The molecule has 43 heavy (non-hydrogen) atoms. The fraction of sp³-hybridized carbons (Fsp3) is 0.394. The summed E-state index contributed by atoms with van der Waals surface area (Å²) in [6.07, 6.45) is 2.51. The van der Waals surface area contributed by atoms with Gasteiger partial charge in [-0.25, -0.2) is 8.42 Å². The molecule has 0 aliphatic carbocycles. The van der Waals surface area contributed by atoms with Crippen LogP contribution in [0, 0.1) is 6.92 Å². The number of carbonyl (C=O) groups excluding carboxylic acids is 2. The molecule has 0 aromatic heterocycles. The topological polar surface area (TPSA) is 96.0 Å². The van der Waals surface area contributed by atoms with E-state index >= 15 is 0 Å². The van der Waals surface area contributed by atoms with Crippen LogP contribution in [0.5, 0.6) is 5.75 Å². The summed E-state index contributed by atoms with van der Waals surface area (Å²) < 4.78 is 31.8. The van der Waals surface area contributed by atoms with Crippen molar-refractivity contribution in [3.05, 3.63) is 94.5 Å². The number of methoxy groups -OCH3 is 1. The van der Waals surface area contributed by atoms with Crippen molar-refractivity contribution in [2.45, 2.75) is 65.1 Å². The molecule has 8 nitrogen and oxygen atoms in total. The van der Waals surface area contributed by atoms with E-state index < -0.39 is 16.1 Å². The van der Waals surface area contributed by atoms with Crippen molar-refractivity contribution < 1.29 is 22.7 Å². The van der Waals surface area contributed by atoms with Gasteiger partial charge in [0, 0.05) is 32.0 Å². The van der Waals surface area contributed by atoms with Crippen LogP contribution in [-0.2, 0) is 32.6 Å². The minimum atomic E-state index is -3.67. The van der Waals surface area contributed by atoms with Gasteiger partial charge in [0.1, 0.15) is 11.8 Å². The number of anilines is 1. The first-order valence-electron chi connectivity index (χ1n) is 14.4. The van der Waals surface area contributed by atoms with E-state index in [1.807, 2.05) is 75.4 Å². The summed E-state index contributed by atoms with van der Waals surface area (Å²) in [6, 6.07) is 21.5. The van der Waals surface area contributed by atoms with Crippen molar-refractivity contribution >= 4 is 39.1 Å². The third-order valence-electron chi connectivity index (χ3n) is 7.32. The average molecular weight is 628 g/mol. The van der Waals surface area contributed by atoms with Crippen LogP contribution in [0.3, 0.4) is 0 Å². The van der Waals surface area contributed by atoms with Crippen LogP contribution >= 0.6 is 11.6 Å². The number of ether oxygens (including phenoxy) is 1. The Balaban J connectivity index is 1.89. The van der Waals surface area contributed by atoms with Crippen molar-refractivity contribution in [1.29, 1.82) is 0 Å². The number of rotatable bonds is 15. The second kappa shape index (κ2) is 15.8. The molecule has 232 valence electrons. The zero-order chi connectivity index (χ0) is 31.6. The lowest BCUT2D eigenvalue weighted by atomic mass is 10.0. The Bertz CT molecular complexity index is 1470. The second-order valence-corrected chi connectivity index (χ2v) is 13.1. The van der Waals surface area contributed by atoms with E-state index in [1.54, 1.807) is 17.0 Å². The van der Waals surface area contributed by atoms with E-state index in [4.69, 9.17) is 16.3 Å². The summed E-state index contributed by atoms with van der Waals surface area (Å²) in [6.45, 7) is 6.24. The smallest absolute Gasteiger partial charge is 0.243 e. The van der Waals surface area contributed by atoms with Crippen LogP contribution in [0.25, 0.3) is 0 Å². The van der Waals surface area contributed by atoms with Crippen LogP contribution < -0.4 is 14.4 Å². The summed E-state index contributed by atoms with van der Waals surface area (Å²) in [4.78, 5) is 29.3. The minimum absolute atomic E-state index is 0.0453. The number of hydrogen-bond acceptors (Lipinski definition) is 5. The van der Waals surface area contributed by atoms with Crippen LogP contribution in [0.1, 0.15) is 49.8 Å². The van der Waals surface area contributed by atoms with Crippen molar-refractivity contribution in [3.63, 3.8) is 0 Å². The third-order valence-corrected chi connectivity index (χ3v) is 8.81. The third kappa shape index (κ3) is 10.0. The monoisotopic (exact) mass is 627 g/mol. The van der Waals surface area contributed by atoms with Crippen LogP contribution in [0.2, 0.25) is 5.02 Å². The van der Waals surface area contributed by atoms with E-state index in [0.717, 1.165) is 29.4 Å². The highest BCUT2D eigenvalue weighted by atomic mass is 35.5. The Kier molecular flexibility index (Phi) is 12.5. The first-order chi connectivity index (χ1) is 20.4. The molecule has 0 bridgehead atoms. The van der Waals surface area contributed by atoms with Crippen LogP contribution in [0.15, 0.2) is 72.8 Å². The molecule has 3 aromatic carbocycles. The Labute approximate surface area is 261 Å². The SMILES string of the molecule is CC[C@@H](C)NC(=O)[C@@H](Cc1ccccc1)N(Cc1ccc(C)cc1)C(=O)CCCN(c1ccc(OC)c(Cl)c1)S(C)(=O)=O.